The Kier molecular flexibility index (Phi) is 6.71. The first-order valence-corrected chi connectivity index (χ1v) is 10.2. The van der Waals surface area contributed by atoms with E-state index in [1.165, 1.54) is 30.7 Å². The lowest BCUT2D eigenvalue weighted by atomic mass is 10.1. The van der Waals surface area contributed by atoms with Crippen molar-refractivity contribution in [3.05, 3.63) is 77.5 Å². The van der Waals surface area contributed by atoms with Crippen molar-refractivity contribution in [3.63, 3.8) is 0 Å². The molecular formula is C22H21F2N5O4. The summed E-state index contributed by atoms with van der Waals surface area (Å²) < 4.78 is 38.4. The molecule has 0 radical (unpaired) electrons. The summed E-state index contributed by atoms with van der Waals surface area (Å²) in [7, 11) is 0. The van der Waals surface area contributed by atoms with Crippen molar-refractivity contribution in [1.29, 1.82) is 0 Å². The second-order valence-electron chi connectivity index (χ2n) is 7.43. The quantitative estimate of drug-likeness (QED) is 0.448. The third-order valence-electron chi connectivity index (χ3n) is 5.20. The Morgan fingerprint density at radius 1 is 1.27 bits per heavy atom. The van der Waals surface area contributed by atoms with Crippen molar-refractivity contribution in [2.75, 3.05) is 25.0 Å². The maximum Gasteiger partial charge on any atom is 0.256 e. The molecule has 0 aromatic carbocycles. The number of amides is 1. The maximum atomic E-state index is 13.7. The lowest BCUT2D eigenvalue weighted by Gasteiger charge is -2.36. The predicted molar refractivity (Wildman–Crippen MR) is 112 cm³/mol. The monoisotopic (exact) mass is 457 g/mol. The first kappa shape index (κ1) is 22.5. The molecule has 0 spiro atoms. The Hall–Kier alpha value is -3.70. The minimum atomic E-state index is -0.937. The van der Waals surface area contributed by atoms with Gasteiger partial charge in [-0.3, -0.25) is 9.69 Å². The lowest BCUT2D eigenvalue weighted by Crippen LogP contribution is -2.48. The van der Waals surface area contributed by atoms with Crippen LogP contribution < -0.4 is 14.8 Å². The molecule has 1 fully saturated rings. The Labute approximate surface area is 188 Å². The van der Waals surface area contributed by atoms with E-state index in [9.17, 15) is 18.8 Å². The van der Waals surface area contributed by atoms with Crippen LogP contribution in [0.3, 0.4) is 0 Å². The summed E-state index contributed by atoms with van der Waals surface area (Å²) >= 11 is 0. The first-order chi connectivity index (χ1) is 15.9. The van der Waals surface area contributed by atoms with Gasteiger partial charge in [-0.15, -0.1) is 0 Å². The zero-order valence-electron chi connectivity index (χ0n) is 17.6. The number of aromatic nitrogens is 3. The normalized spacial score (nSPS) is 17.4. The van der Waals surface area contributed by atoms with Crippen LogP contribution in [-0.4, -0.2) is 46.5 Å². The van der Waals surface area contributed by atoms with Crippen LogP contribution in [0.2, 0.25) is 0 Å². The summed E-state index contributed by atoms with van der Waals surface area (Å²) in [6.45, 7) is 3.31. The lowest BCUT2D eigenvalue weighted by molar-refractivity contribution is -0.605. The molecular weight excluding hydrogens is 436 g/mol. The van der Waals surface area contributed by atoms with Gasteiger partial charge in [-0.25, -0.2) is 18.7 Å². The van der Waals surface area contributed by atoms with E-state index in [1.54, 1.807) is 19.1 Å². The number of nitrogens with one attached hydrogen (secondary N) is 1. The van der Waals surface area contributed by atoms with E-state index >= 15 is 0 Å². The largest absolute Gasteiger partial charge is 0.619 e. The van der Waals surface area contributed by atoms with E-state index in [2.05, 4.69) is 15.3 Å². The Morgan fingerprint density at radius 3 is 2.76 bits per heavy atom. The van der Waals surface area contributed by atoms with E-state index in [1.807, 2.05) is 4.90 Å². The molecule has 4 heterocycles. The van der Waals surface area contributed by atoms with Gasteiger partial charge in [-0.1, -0.05) is 0 Å². The summed E-state index contributed by atoms with van der Waals surface area (Å²) in [5.74, 6) is -1.91. The summed E-state index contributed by atoms with van der Waals surface area (Å²) in [6, 6.07) is 6.60. The zero-order valence-corrected chi connectivity index (χ0v) is 17.6. The number of carbonyl (C=O) groups is 1. The number of hydrogen-bond acceptors (Lipinski definition) is 7. The smallest absolute Gasteiger partial charge is 0.256 e. The molecule has 2 unspecified atom stereocenters. The molecule has 2 atom stereocenters. The van der Waals surface area contributed by atoms with Crippen molar-refractivity contribution in [1.82, 2.24) is 14.9 Å². The molecule has 0 saturated carbocycles. The molecule has 0 bridgehead atoms. The van der Waals surface area contributed by atoms with Crippen molar-refractivity contribution < 1.29 is 27.8 Å². The fraction of sp³-hybridized carbons (Fsp3) is 0.273. The first-order valence-electron chi connectivity index (χ1n) is 10.2. The predicted octanol–water partition coefficient (Wildman–Crippen LogP) is 2.58. The third kappa shape index (κ3) is 5.57. The Balaban J connectivity index is 1.34. The Bertz CT molecular complexity index is 1110. The zero-order chi connectivity index (χ0) is 23.4. The number of ether oxygens (including phenoxy) is 2. The van der Waals surface area contributed by atoms with Gasteiger partial charge in [0.1, 0.15) is 17.4 Å². The number of carbonyl (C=O) groups excluding carboxylic acids is 1. The van der Waals surface area contributed by atoms with Gasteiger partial charge in [-0.2, -0.15) is 4.73 Å². The number of rotatable bonds is 6. The van der Waals surface area contributed by atoms with Crippen LogP contribution in [0, 0.1) is 16.8 Å². The average molecular weight is 457 g/mol. The average Bonchev–Trinajstić information content (AvgIpc) is 2.82. The number of pyridine rings is 3. The molecule has 3 aromatic heterocycles. The van der Waals surface area contributed by atoms with Crippen LogP contribution in [0.4, 0.5) is 14.6 Å². The molecule has 3 aromatic rings. The third-order valence-corrected chi connectivity index (χ3v) is 5.20. The summed E-state index contributed by atoms with van der Waals surface area (Å²) in [6.07, 6.45) is 4.72. The van der Waals surface area contributed by atoms with Gasteiger partial charge >= 0.3 is 0 Å². The minimum absolute atomic E-state index is 0.178. The number of morpholine rings is 1. The topological polar surface area (TPSA) is 104 Å². The van der Waals surface area contributed by atoms with Crippen LogP contribution >= 0.6 is 0 Å². The molecule has 9 nitrogen and oxygen atoms in total. The summed E-state index contributed by atoms with van der Waals surface area (Å²) in [4.78, 5) is 22.4. The highest BCUT2D eigenvalue weighted by Gasteiger charge is 2.29. The molecule has 33 heavy (non-hydrogen) atoms. The van der Waals surface area contributed by atoms with E-state index in [0.29, 0.717) is 36.3 Å². The fourth-order valence-corrected chi connectivity index (χ4v) is 3.36. The summed E-state index contributed by atoms with van der Waals surface area (Å²) in [5, 5.41) is 14.0. The molecule has 4 rings (SSSR count). The molecule has 1 aliphatic rings. The van der Waals surface area contributed by atoms with Crippen molar-refractivity contribution in [2.45, 2.75) is 19.1 Å². The SMILES string of the molecule is CC(C(=O)Nc1ccc(Oc2ncc(F)cc2F)cn1)N1CCOC(c2cc[n+]([O-])cc2)C1. The van der Waals surface area contributed by atoms with Gasteiger partial charge in [-0.05, 0) is 24.6 Å². The van der Waals surface area contributed by atoms with Crippen molar-refractivity contribution in [2.24, 2.45) is 0 Å². The van der Waals surface area contributed by atoms with Gasteiger partial charge in [0.15, 0.2) is 18.2 Å². The molecule has 1 N–H and O–H groups in total. The Morgan fingerprint density at radius 2 is 2.06 bits per heavy atom. The van der Waals surface area contributed by atoms with Gasteiger partial charge in [0.2, 0.25) is 5.91 Å². The molecule has 1 amide bonds. The van der Waals surface area contributed by atoms with Crippen molar-refractivity contribution >= 4 is 11.7 Å². The number of halogens is 2. The highest BCUT2D eigenvalue weighted by Crippen LogP contribution is 2.24. The van der Waals surface area contributed by atoms with Gasteiger partial charge < -0.3 is 20.0 Å². The number of anilines is 1. The van der Waals surface area contributed by atoms with E-state index in [0.717, 1.165) is 11.8 Å². The highest BCUT2D eigenvalue weighted by molar-refractivity contribution is 5.93. The fourth-order valence-electron chi connectivity index (χ4n) is 3.36. The van der Waals surface area contributed by atoms with E-state index < -0.39 is 17.7 Å². The van der Waals surface area contributed by atoms with Crippen LogP contribution in [0.15, 0.2) is 55.1 Å². The molecule has 1 aliphatic heterocycles. The van der Waals surface area contributed by atoms with Crippen LogP contribution in [0.25, 0.3) is 0 Å². The second-order valence-corrected chi connectivity index (χ2v) is 7.43. The van der Waals surface area contributed by atoms with E-state index in [-0.39, 0.29) is 23.6 Å². The van der Waals surface area contributed by atoms with Crippen LogP contribution in [0.5, 0.6) is 11.6 Å². The minimum Gasteiger partial charge on any atom is -0.619 e. The maximum absolute atomic E-state index is 13.7. The van der Waals surface area contributed by atoms with E-state index in [4.69, 9.17) is 9.47 Å². The standard InChI is InChI=1S/C22H21F2N5O4/c1-14(28-8-9-32-19(13-28)15-4-6-29(31)7-5-15)21(30)27-20-3-2-17(12-25-20)33-22-18(24)10-16(23)11-26-22/h2-7,10-12,14,19H,8-9,13H2,1H3,(H,25,27,30). The highest BCUT2D eigenvalue weighted by atomic mass is 19.1. The van der Waals surface area contributed by atoms with Crippen LogP contribution in [-0.2, 0) is 9.53 Å². The van der Waals surface area contributed by atoms with Gasteiger partial charge in [0.05, 0.1) is 31.1 Å². The van der Waals surface area contributed by atoms with Gasteiger partial charge in [0.25, 0.3) is 5.88 Å². The number of nitrogens with zero attached hydrogens (tertiary/aromatic N) is 4. The molecule has 1 saturated heterocycles. The number of hydrogen-bond donors (Lipinski definition) is 1. The summed E-state index contributed by atoms with van der Waals surface area (Å²) in [5.41, 5.74) is 0.865. The molecule has 0 aliphatic carbocycles. The second kappa shape index (κ2) is 9.84. The molecule has 172 valence electrons. The van der Waals surface area contributed by atoms with Gasteiger partial charge in [0, 0.05) is 31.3 Å². The van der Waals surface area contributed by atoms with Crippen LogP contribution in [0.1, 0.15) is 18.6 Å². The van der Waals surface area contributed by atoms with Crippen molar-refractivity contribution in [3.8, 4) is 11.6 Å². The molecule has 11 heteroatoms.